The lowest BCUT2D eigenvalue weighted by Crippen LogP contribution is -2.29. The first-order valence-corrected chi connectivity index (χ1v) is 6.01. The summed E-state index contributed by atoms with van der Waals surface area (Å²) in [5, 5.41) is 7.63. The zero-order valence-corrected chi connectivity index (χ0v) is 10.2. The molecule has 1 aromatic carbocycles. The predicted molar refractivity (Wildman–Crippen MR) is 68.6 cm³/mol. The number of nitrogens with two attached hydrogens (primary N) is 1. The normalized spacial score (nSPS) is 15.0. The van der Waals surface area contributed by atoms with Crippen molar-refractivity contribution in [2.45, 2.75) is 6.04 Å². The van der Waals surface area contributed by atoms with E-state index in [1.54, 1.807) is 12.4 Å². The van der Waals surface area contributed by atoms with Crippen LogP contribution in [-0.2, 0) is 0 Å². The Bertz CT molecular complexity index is 562. The van der Waals surface area contributed by atoms with Gasteiger partial charge < -0.3 is 9.47 Å². The summed E-state index contributed by atoms with van der Waals surface area (Å²) in [6.07, 6.45) is 3.32. The molecule has 3 N–H and O–H groups in total. The Balaban J connectivity index is 1.96. The largest absolute Gasteiger partial charge is 0.486 e. The maximum absolute atomic E-state index is 5.64. The maximum Gasteiger partial charge on any atom is 0.161 e. The van der Waals surface area contributed by atoms with Crippen LogP contribution in [0.15, 0.2) is 36.7 Å². The van der Waals surface area contributed by atoms with Crippen LogP contribution in [0.4, 0.5) is 0 Å². The number of nitrogens with one attached hydrogen (secondary N) is 1. The first-order valence-electron chi connectivity index (χ1n) is 6.01. The van der Waals surface area contributed by atoms with Crippen molar-refractivity contribution in [1.82, 2.24) is 15.6 Å². The van der Waals surface area contributed by atoms with Crippen molar-refractivity contribution < 1.29 is 9.47 Å². The molecule has 0 fully saturated rings. The van der Waals surface area contributed by atoms with Gasteiger partial charge in [-0.1, -0.05) is 6.07 Å². The number of hydrazine groups is 1. The highest BCUT2D eigenvalue weighted by molar-refractivity contribution is 5.46. The summed E-state index contributed by atoms with van der Waals surface area (Å²) in [6, 6.07) is 7.49. The molecular formula is C13H14N4O2. The lowest BCUT2D eigenvalue weighted by Gasteiger charge is -2.21. The van der Waals surface area contributed by atoms with Crippen molar-refractivity contribution >= 4 is 0 Å². The quantitative estimate of drug-likeness (QED) is 0.626. The smallest absolute Gasteiger partial charge is 0.161 e. The van der Waals surface area contributed by atoms with E-state index in [9.17, 15) is 0 Å². The zero-order chi connectivity index (χ0) is 13.1. The molecular weight excluding hydrogens is 244 g/mol. The lowest BCUT2D eigenvalue weighted by molar-refractivity contribution is 0.171. The standard InChI is InChI=1S/C13H14N4O2/c14-17-13(10-3-4-15-16-8-10)9-1-2-11-12(7-9)19-6-5-18-11/h1-4,7-8,13,17H,5-6,14H2. The highest BCUT2D eigenvalue weighted by atomic mass is 16.6. The van der Waals surface area contributed by atoms with E-state index < -0.39 is 0 Å². The second-order valence-electron chi connectivity index (χ2n) is 4.18. The number of nitrogens with zero attached hydrogens (tertiary/aromatic N) is 2. The minimum atomic E-state index is -0.161. The molecule has 0 bridgehead atoms. The lowest BCUT2D eigenvalue weighted by atomic mass is 10.0. The highest BCUT2D eigenvalue weighted by Gasteiger charge is 2.17. The fourth-order valence-corrected chi connectivity index (χ4v) is 2.10. The third-order valence-electron chi connectivity index (χ3n) is 3.01. The highest BCUT2D eigenvalue weighted by Crippen LogP contribution is 2.33. The molecule has 1 unspecified atom stereocenters. The van der Waals surface area contributed by atoms with Gasteiger partial charge in [0.2, 0.25) is 0 Å². The number of benzene rings is 1. The summed E-state index contributed by atoms with van der Waals surface area (Å²) in [5.41, 5.74) is 4.70. The molecule has 2 heterocycles. The van der Waals surface area contributed by atoms with Crippen molar-refractivity contribution in [3.63, 3.8) is 0 Å². The first kappa shape index (κ1) is 11.9. The van der Waals surface area contributed by atoms with Crippen molar-refractivity contribution in [2.75, 3.05) is 13.2 Å². The summed E-state index contributed by atoms with van der Waals surface area (Å²) in [7, 11) is 0. The molecule has 19 heavy (non-hydrogen) atoms. The van der Waals surface area contributed by atoms with Crippen LogP contribution in [0.25, 0.3) is 0 Å². The van der Waals surface area contributed by atoms with Gasteiger partial charge in [-0.2, -0.15) is 10.2 Å². The average molecular weight is 258 g/mol. The van der Waals surface area contributed by atoms with Crippen molar-refractivity contribution in [3.05, 3.63) is 47.8 Å². The fourth-order valence-electron chi connectivity index (χ4n) is 2.10. The number of ether oxygens (including phenoxy) is 2. The van der Waals surface area contributed by atoms with E-state index in [-0.39, 0.29) is 6.04 Å². The van der Waals surface area contributed by atoms with Crippen LogP contribution >= 0.6 is 0 Å². The van der Waals surface area contributed by atoms with Gasteiger partial charge in [0.05, 0.1) is 12.2 Å². The number of fused-ring (bicyclic) bond motifs is 1. The van der Waals surface area contributed by atoms with E-state index in [2.05, 4.69) is 15.6 Å². The van der Waals surface area contributed by atoms with Crippen molar-refractivity contribution in [3.8, 4) is 11.5 Å². The van der Waals surface area contributed by atoms with Crippen molar-refractivity contribution in [1.29, 1.82) is 0 Å². The van der Waals surface area contributed by atoms with E-state index in [1.807, 2.05) is 24.3 Å². The molecule has 0 aliphatic carbocycles. The molecule has 2 aromatic rings. The fraction of sp³-hybridized carbons (Fsp3) is 0.231. The van der Waals surface area contributed by atoms with Crippen LogP contribution in [0.1, 0.15) is 17.2 Å². The predicted octanol–water partition coefficient (Wildman–Crippen LogP) is 0.800. The van der Waals surface area contributed by atoms with Crippen LogP contribution in [0.5, 0.6) is 11.5 Å². The third-order valence-corrected chi connectivity index (χ3v) is 3.01. The minimum absolute atomic E-state index is 0.161. The zero-order valence-electron chi connectivity index (χ0n) is 10.2. The molecule has 0 saturated carbocycles. The van der Waals surface area contributed by atoms with Gasteiger partial charge in [-0.3, -0.25) is 5.84 Å². The molecule has 3 rings (SSSR count). The third kappa shape index (κ3) is 2.35. The topological polar surface area (TPSA) is 82.3 Å². The number of rotatable bonds is 3. The van der Waals surface area contributed by atoms with Gasteiger partial charge >= 0.3 is 0 Å². The van der Waals surface area contributed by atoms with Gasteiger partial charge in [-0.05, 0) is 29.3 Å². The molecule has 98 valence electrons. The Labute approximate surface area is 110 Å². The van der Waals surface area contributed by atoms with E-state index in [0.29, 0.717) is 13.2 Å². The molecule has 0 radical (unpaired) electrons. The summed E-state index contributed by atoms with van der Waals surface area (Å²) in [6.45, 7) is 1.15. The van der Waals surface area contributed by atoms with Gasteiger partial charge in [0.1, 0.15) is 13.2 Å². The SMILES string of the molecule is NNC(c1ccnnc1)c1ccc2c(c1)OCCO2. The van der Waals surface area contributed by atoms with E-state index in [0.717, 1.165) is 22.6 Å². The molecule has 1 aromatic heterocycles. The monoisotopic (exact) mass is 258 g/mol. The average Bonchev–Trinajstić information content (AvgIpc) is 2.49. The Hall–Kier alpha value is -2.18. The second kappa shape index (κ2) is 5.21. The summed E-state index contributed by atoms with van der Waals surface area (Å²) in [4.78, 5) is 0. The van der Waals surface area contributed by atoms with Crippen LogP contribution < -0.4 is 20.7 Å². The summed E-state index contributed by atoms with van der Waals surface area (Å²) >= 11 is 0. The number of aromatic nitrogens is 2. The second-order valence-corrected chi connectivity index (χ2v) is 4.18. The molecule has 6 heteroatoms. The number of hydrogen-bond acceptors (Lipinski definition) is 6. The molecule has 6 nitrogen and oxygen atoms in total. The molecule has 0 amide bonds. The first-order chi connectivity index (χ1) is 9.38. The van der Waals surface area contributed by atoms with Crippen LogP contribution in [0.2, 0.25) is 0 Å². The Morgan fingerprint density at radius 1 is 1.05 bits per heavy atom. The molecule has 1 atom stereocenters. The molecule has 0 saturated heterocycles. The Morgan fingerprint density at radius 2 is 1.89 bits per heavy atom. The van der Waals surface area contributed by atoms with E-state index >= 15 is 0 Å². The van der Waals surface area contributed by atoms with Gasteiger partial charge in [0, 0.05) is 6.20 Å². The van der Waals surface area contributed by atoms with Crippen LogP contribution in [0.3, 0.4) is 0 Å². The summed E-state index contributed by atoms with van der Waals surface area (Å²) < 4.78 is 11.1. The molecule has 1 aliphatic rings. The van der Waals surface area contributed by atoms with Gasteiger partial charge in [-0.15, -0.1) is 0 Å². The van der Waals surface area contributed by atoms with E-state index in [4.69, 9.17) is 15.3 Å². The van der Waals surface area contributed by atoms with Crippen molar-refractivity contribution in [2.24, 2.45) is 5.84 Å². The number of hydrogen-bond donors (Lipinski definition) is 2. The molecule has 1 aliphatic heterocycles. The van der Waals surface area contributed by atoms with E-state index in [1.165, 1.54) is 0 Å². The van der Waals surface area contributed by atoms with Crippen LogP contribution in [-0.4, -0.2) is 23.4 Å². The maximum atomic E-state index is 5.64. The molecule has 0 spiro atoms. The van der Waals surface area contributed by atoms with Gasteiger partial charge in [-0.25, -0.2) is 5.43 Å². The summed E-state index contributed by atoms with van der Waals surface area (Å²) in [5.74, 6) is 7.15. The Morgan fingerprint density at radius 3 is 2.63 bits per heavy atom. The van der Waals surface area contributed by atoms with Gasteiger partial charge in [0.15, 0.2) is 11.5 Å². The minimum Gasteiger partial charge on any atom is -0.486 e. The van der Waals surface area contributed by atoms with Crippen LogP contribution in [0, 0.1) is 0 Å². The van der Waals surface area contributed by atoms with Gasteiger partial charge in [0.25, 0.3) is 0 Å². The Kier molecular flexibility index (Phi) is 3.26.